The summed E-state index contributed by atoms with van der Waals surface area (Å²) in [5, 5.41) is 3.27. The van der Waals surface area contributed by atoms with Crippen LogP contribution in [0.4, 0.5) is 14.5 Å². The highest BCUT2D eigenvalue weighted by atomic mass is 35.5. The topological polar surface area (TPSA) is 12.0 Å². The van der Waals surface area contributed by atoms with Crippen molar-refractivity contribution in [2.45, 2.75) is 38.5 Å². The molecular weight excluding hydrogens is 340 g/mol. The average molecular weight is 362 g/mol. The first kappa shape index (κ1) is 17.9. The zero-order valence-corrected chi connectivity index (χ0v) is 15.6. The summed E-state index contributed by atoms with van der Waals surface area (Å²) in [6.45, 7) is 11.3. The van der Waals surface area contributed by atoms with Crippen LogP contribution in [0.2, 0.25) is 0 Å². The fourth-order valence-corrected chi connectivity index (χ4v) is 4.13. The van der Waals surface area contributed by atoms with Crippen molar-refractivity contribution in [2.75, 3.05) is 5.32 Å². The number of rotatable bonds is 4. The quantitative estimate of drug-likeness (QED) is 0.637. The molecule has 0 spiro atoms. The first-order valence-electron chi connectivity index (χ1n) is 8.30. The van der Waals surface area contributed by atoms with Gasteiger partial charge in [0.2, 0.25) is 0 Å². The molecule has 1 saturated carbocycles. The van der Waals surface area contributed by atoms with E-state index in [1.165, 1.54) is 6.07 Å². The third-order valence-corrected chi connectivity index (χ3v) is 5.57. The zero-order valence-electron chi connectivity index (χ0n) is 14.9. The fourth-order valence-electron chi connectivity index (χ4n) is 3.69. The van der Waals surface area contributed by atoms with E-state index in [4.69, 9.17) is 11.6 Å². The predicted octanol–water partition coefficient (Wildman–Crippen LogP) is 6.23. The molecule has 3 unspecified atom stereocenters. The van der Waals surface area contributed by atoms with E-state index < -0.39 is 4.87 Å². The highest BCUT2D eigenvalue weighted by molar-refractivity contribution is 6.27. The number of hydrogen-bond donors (Lipinski definition) is 1. The molecule has 0 aliphatic heterocycles. The van der Waals surface area contributed by atoms with E-state index in [1.54, 1.807) is 39.0 Å². The Morgan fingerprint density at radius 3 is 2.24 bits per heavy atom. The number of alkyl halides is 1. The Hall–Kier alpha value is -1.87. The van der Waals surface area contributed by atoms with Gasteiger partial charge in [-0.05, 0) is 68.1 Å². The lowest BCUT2D eigenvalue weighted by atomic mass is 10.0. The van der Waals surface area contributed by atoms with Gasteiger partial charge < -0.3 is 5.32 Å². The smallest absolute Gasteiger partial charge is 0.129 e. The van der Waals surface area contributed by atoms with Crippen LogP contribution in [0.15, 0.2) is 42.6 Å². The molecule has 0 radical (unpaired) electrons. The van der Waals surface area contributed by atoms with Crippen molar-refractivity contribution in [3.63, 3.8) is 0 Å². The Morgan fingerprint density at radius 1 is 1.08 bits per heavy atom. The normalized spacial score (nSPS) is 24.9. The van der Waals surface area contributed by atoms with E-state index in [1.807, 2.05) is 13.0 Å². The third kappa shape index (κ3) is 3.18. The summed E-state index contributed by atoms with van der Waals surface area (Å²) in [6, 6.07) is 8.64. The molecule has 1 nitrogen and oxygen atoms in total. The van der Waals surface area contributed by atoms with Crippen LogP contribution in [0.3, 0.4) is 0 Å². The van der Waals surface area contributed by atoms with Gasteiger partial charge in [0, 0.05) is 23.2 Å². The molecule has 2 aromatic rings. The van der Waals surface area contributed by atoms with Gasteiger partial charge in [0.05, 0.1) is 4.87 Å². The number of aryl methyl sites for hydroxylation is 3. The van der Waals surface area contributed by atoms with Gasteiger partial charge in [-0.2, -0.15) is 0 Å². The van der Waals surface area contributed by atoms with Crippen molar-refractivity contribution in [1.29, 1.82) is 0 Å². The van der Waals surface area contributed by atoms with Crippen LogP contribution in [0, 0.1) is 38.3 Å². The second kappa shape index (κ2) is 6.14. The van der Waals surface area contributed by atoms with Crippen molar-refractivity contribution in [3.05, 3.63) is 76.5 Å². The van der Waals surface area contributed by atoms with Crippen molar-refractivity contribution in [3.8, 4) is 0 Å². The Bertz CT molecular complexity index is 834. The minimum atomic E-state index is -0.474. The first-order valence-corrected chi connectivity index (χ1v) is 8.68. The largest absolute Gasteiger partial charge is 0.359 e. The van der Waals surface area contributed by atoms with Crippen LogP contribution in [0.25, 0.3) is 0 Å². The molecule has 0 saturated heterocycles. The molecule has 0 amide bonds. The number of allylic oxidation sites excluding steroid dienone is 1. The molecule has 2 aromatic carbocycles. The van der Waals surface area contributed by atoms with E-state index >= 15 is 0 Å². The summed E-state index contributed by atoms with van der Waals surface area (Å²) in [4.78, 5) is -0.474. The minimum absolute atomic E-state index is 0.0182. The molecule has 0 bridgehead atoms. The molecule has 4 heteroatoms. The molecule has 1 N–H and O–H groups in total. The van der Waals surface area contributed by atoms with Gasteiger partial charge in [0.25, 0.3) is 0 Å². The molecule has 3 atom stereocenters. The van der Waals surface area contributed by atoms with Crippen LogP contribution in [-0.2, 0) is 0 Å². The van der Waals surface area contributed by atoms with Crippen LogP contribution >= 0.6 is 11.6 Å². The molecule has 25 heavy (non-hydrogen) atoms. The van der Waals surface area contributed by atoms with Gasteiger partial charge in [-0.3, -0.25) is 0 Å². The number of halogens is 3. The van der Waals surface area contributed by atoms with Gasteiger partial charge >= 0.3 is 0 Å². The highest BCUT2D eigenvalue weighted by Gasteiger charge is 2.62. The maximum Gasteiger partial charge on any atom is 0.129 e. The van der Waals surface area contributed by atoms with E-state index in [0.717, 1.165) is 16.9 Å². The minimum Gasteiger partial charge on any atom is -0.359 e. The molecule has 1 fully saturated rings. The van der Waals surface area contributed by atoms with Crippen LogP contribution in [0.1, 0.15) is 35.1 Å². The van der Waals surface area contributed by atoms with Crippen molar-refractivity contribution in [1.82, 2.24) is 0 Å². The monoisotopic (exact) mass is 361 g/mol. The van der Waals surface area contributed by atoms with Crippen molar-refractivity contribution < 1.29 is 8.78 Å². The Balaban J connectivity index is 1.82. The number of benzene rings is 2. The Morgan fingerprint density at radius 2 is 1.68 bits per heavy atom. The van der Waals surface area contributed by atoms with E-state index in [-0.39, 0.29) is 23.5 Å². The Labute approximate surface area is 152 Å². The number of anilines is 1. The molecule has 1 aliphatic carbocycles. The summed E-state index contributed by atoms with van der Waals surface area (Å²) in [7, 11) is 0. The van der Waals surface area contributed by atoms with E-state index in [0.29, 0.717) is 16.7 Å². The highest BCUT2D eigenvalue weighted by Crippen LogP contribution is 2.64. The maximum absolute atomic E-state index is 13.8. The summed E-state index contributed by atoms with van der Waals surface area (Å²) in [5.74, 6) is -0.323. The molecular formula is C21H22ClF2N. The summed E-state index contributed by atoms with van der Waals surface area (Å²) >= 11 is 6.69. The molecule has 0 aromatic heterocycles. The van der Waals surface area contributed by atoms with E-state index in [9.17, 15) is 8.78 Å². The number of hydrogen-bond acceptors (Lipinski definition) is 1. The standard InChI is InChI=1S/C21H22ClF2N/c1-11-8-15(6-7-17(11)23)19-18(21(19,5)22)14(4)25-16-9-12(2)20(24)13(3)10-16/h6-10,18-19,25H,4H2,1-3,5H3. The summed E-state index contributed by atoms with van der Waals surface area (Å²) in [5.41, 5.74) is 4.38. The van der Waals surface area contributed by atoms with Crippen LogP contribution in [0.5, 0.6) is 0 Å². The van der Waals surface area contributed by atoms with Gasteiger partial charge in [-0.25, -0.2) is 8.78 Å². The molecule has 0 heterocycles. The zero-order chi connectivity index (χ0) is 18.5. The third-order valence-electron chi connectivity index (χ3n) is 5.10. The van der Waals surface area contributed by atoms with Gasteiger partial charge in [-0.1, -0.05) is 18.7 Å². The number of nitrogens with one attached hydrogen (secondary N) is 1. The SMILES string of the molecule is C=C(Nc1cc(C)c(F)c(C)c1)C1C(c2ccc(F)c(C)c2)C1(C)Cl. The lowest BCUT2D eigenvalue weighted by molar-refractivity contribution is 0.609. The second-order valence-electron chi connectivity index (χ2n) is 7.19. The van der Waals surface area contributed by atoms with Gasteiger partial charge in [0.1, 0.15) is 11.6 Å². The maximum atomic E-state index is 13.8. The van der Waals surface area contributed by atoms with Gasteiger partial charge in [0.15, 0.2) is 0 Å². The van der Waals surface area contributed by atoms with Crippen molar-refractivity contribution in [2.24, 2.45) is 5.92 Å². The molecule has 1 aliphatic rings. The predicted molar refractivity (Wildman–Crippen MR) is 100 cm³/mol. The fraction of sp³-hybridized carbons (Fsp3) is 0.333. The lowest BCUT2D eigenvalue weighted by Gasteiger charge is -2.13. The van der Waals surface area contributed by atoms with Crippen LogP contribution < -0.4 is 5.32 Å². The van der Waals surface area contributed by atoms with Gasteiger partial charge in [-0.15, -0.1) is 11.6 Å². The van der Waals surface area contributed by atoms with Crippen LogP contribution in [-0.4, -0.2) is 4.87 Å². The lowest BCUT2D eigenvalue weighted by Crippen LogP contribution is -2.06. The van der Waals surface area contributed by atoms with E-state index in [2.05, 4.69) is 11.9 Å². The molecule has 3 rings (SSSR count). The van der Waals surface area contributed by atoms with Crippen molar-refractivity contribution >= 4 is 17.3 Å². The Kier molecular flexibility index (Phi) is 4.40. The first-order chi connectivity index (χ1) is 11.6. The molecule has 132 valence electrons. The summed E-state index contributed by atoms with van der Waals surface area (Å²) < 4.78 is 27.3. The summed E-state index contributed by atoms with van der Waals surface area (Å²) in [6.07, 6.45) is 0. The average Bonchev–Trinajstić information content (AvgIpc) is 3.10. The second-order valence-corrected chi connectivity index (χ2v) is 8.00.